The fourth-order valence-electron chi connectivity index (χ4n) is 3.30. The number of hydrogen-bond donors (Lipinski definition) is 3. The largest absolute Gasteiger partial charge is 0.459 e. The van der Waals surface area contributed by atoms with Crippen molar-refractivity contribution in [1.82, 2.24) is 4.72 Å². The predicted molar refractivity (Wildman–Crippen MR) is 125 cm³/mol. The van der Waals surface area contributed by atoms with Crippen LogP contribution in [-0.4, -0.2) is 31.6 Å². The summed E-state index contributed by atoms with van der Waals surface area (Å²) in [5.74, 6) is 5.45. The maximum absolute atomic E-state index is 13.2. The number of aliphatic hydroxyl groups is 1. The Hall–Kier alpha value is -2.66. The molecule has 0 radical (unpaired) electrons. The van der Waals surface area contributed by atoms with Crippen molar-refractivity contribution in [2.45, 2.75) is 57.6 Å². The highest BCUT2D eigenvalue weighted by Gasteiger charge is 2.40. The van der Waals surface area contributed by atoms with Crippen molar-refractivity contribution in [3.8, 4) is 11.8 Å². The second kappa shape index (κ2) is 13.7. The van der Waals surface area contributed by atoms with E-state index in [4.69, 9.17) is 9.84 Å². The van der Waals surface area contributed by atoms with Crippen LogP contribution in [0.2, 0.25) is 0 Å². The zero-order chi connectivity index (χ0) is 23.2. The van der Waals surface area contributed by atoms with Crippen molar-refractivity contribution in [2.75, 3.05) is 6.61 Å². The van der Waals surface area contributed by atoms with Crippen LogP contribution in [0.5, 0.6) is 0 Å². The summed E-state index contributed by atoms with van der Waals surface area (Å²) in [6.07, 6.45) is 3.25. The average Bonchev–Trinajstić information content (AvgIpc) is 2.80. The molecule has 2 rings (SSSR count). The zero-order valence-electron chi connectivity index (χ0n) is 18.4. The number of carbonyl (C=O) groups is 1. The van der Waals surface area contributed by atoms with Gasteiger partial charge < -0.3 is 9.84 Å². The maximum atomic E-state index is 13.2. The van der Waals surface area contributed by atoms with Crippen molar-refractivity contribution < 1.29 is 23.1 Å². The Kier molecular flexibility index (Phi) is 10.9. The van der Waals surface area contributed by atoms with Gasteiger partial charge in [0, 0.05) is 25.0 Å². The first-order chi connectivity index (χ1) is 15.5. The third kappa shape index (κ3) is 8.46. The molecule has 1 atom stereocenters. The number of nitrogens with one attached hydrogen (secondary N) is 1. The number of unbranched alkanes of at least 4 members (excludes halogenated alkanes) is 2. The van der Waals surface area contributed by atoms with Crippen LogP contribution in [0.15, 0.2) is 54.6 Å². The van der Waals surface area contributed by atoms with Crippen molar-refractivity contribution in [2.24, 2.45) is 0 Å². The molecule has 2 aromatic rings. The minimum Gasteiger partial charge on any atom is -0.459 e. The molecule has 0 saturated heterocycles. The fourth-order valence-corrected chi connectivity index (χ4v) is 3.94. The van der Waals surface area contributed by atoms with Gasteiger partial charge in [0.15, 0.2) is 0 Å². The first kappa shape index (κ1) is 25.6. The molecule has 2 aromatic carbocycles. The number of esters is 1. The van der Waals surface area contributed by atoms with Crippen molar-refractivity contribution in [3.63, 3.8) is 0 Å². The molecule has 1 unspecified atom stereocenters. The minimum absolute atomic E-state index is 0.0766. The number of ether oxygens (including phenoxy) is 1. The predicted octanol–water partition coefficient (Wildman–Crippen LogP) is 3.14. The topological polar surface area (TPSA) is 92.7 Å². The second-order valence-electron chi connectivity index (χ2n) is 7.62. The third-order valence-electron chi connectivity index (χ3n) is 5.02. The van der Waals surface area contributed by atoms with Crippen LogP contribution in [0.3, 0.4) is 0 Å². The smallest absolute Gasteiger partial charge is 0.327 e. The van der Waals surface area contributed by atoms with Gasteiger partial charge in [0.1, 0.15) is 12.1 Å². The van der Waals surface area contributed by atoms with Gasteiger partial charge in [-0.1, -0.05) is 74.1 Å². The number of benzene rings is 2. The SMILES string of the molecule is CCCCC(Cc1ccc(C#CCCCO)cc1)(N[SH](=O)=O)C(=O)OCc1ccccc1. The van der Waals surface area contributed by atoms with Gasteiger partial charge in [0.05, 0.1) is 0 Å². The number of thiol groups is 1. The molecule has 0 aromatic heterocycles. The van der Waals surface area contributed by atoms with E-state index in [1.165, 1.54) is 0 Å². The van der Waals surface area contributed by atoms with E-state index in [9.17, 15) is 13.2 Å². The van der Waals surface area contributed by atoms with Crippen LogP contribution < -0.4 is 4.72 Å². The number of aliphatic hydroxyl groups excluding tert-OH is 1. The maximum Gasteiger partial charge on any atom is 0.327 e. The monoisotopic (exact) mass is 457 g/mol. The van der Waals surface area contributed by atoms with Gasteiger partial charge in [-0.25, -0.2) is 13.2 Å². The van der Waals surface area contributed by atoms with Crippen LogP contribution in [0.1, 0.15) is 55.7 Å². The lowest BCUT2D eigenvalue weighted by Crippen LogP contribution is -2.54. The Morgan fingerprint density at radius 2 is 1.78 bits per heavy atom. The molecule has 0 fully saturated rings. The molecule has 0 aliphatic rings. The number of hydrogen-bond acceptors (Lipinski definition) is 5. The van der Waals surface area contributed by atoms with Gasteiger partial charge in [-0.05, 0) is 36.1 Å². The van der Waals surface area contributed by atoms with Crippen LogP contribution >= 0.6 is 0 Å². The molecule has 0 heterocycles. The molecule has 7 heteroatoms. The summed E-state index contributed by atoms with van der Waals surface area (Å²) in [7, 11) is -3.01. The summed E-state index contributed by atoms with van der Waals surface area (Å²) in [6, 6.07) is 16.7. The van der Waals surface area contributed by atoms with E-state index < -0.39 is 22.4 Å². The lowest BCUT2D eigenvalue weighted by atomic mass is 9.86. The Bertz CT molecular complexity index is 969. The number of rotatable bonds is 12. The average molecular weight is 458 g/mol. The highest BCUT2D eigenvalue weighted by atomic mass is 32.2. The quantitative estimate of drug-likeness (QED) is 0.197. The molecule has 32 heavy (non-hydrogen) atoms. The molecule has 172 valence electrons. The van der Waals surface area contributed by atoms with Crippen LogP contribution in [0.4, 0.5) is 0 Å². The highest BCUT2D eigenvalue weighted by molar-refractivity contribution is 7.70. The normalized spacial score (nSPS) is 12.6. The summed E-state index contributed by atoms with van der Waals surface area (Å²) in [5, 5.41) is 8.83. The molecule has 0 bridgehead atoms. The third-order valence-corrected chi connectivity index (χ3v) is 5.63. The van der Waals surface area contributed by atoms with E-state index in [-0.39, 0.29) is 19.6 Å². The molecule has 0 spiro atoms. The van der Waals surface area contributed by atoms with Crippen LogP contribution in [-0.2, 0) is 33.4 Å². The molecule has 0 saturated carbocycles. The first-order valence-corrected chi connectivity index (χ1v) is 12.0. The molecular weight excluding hydrogens is 426 g/mol. The van der Waals surface area contributed by atoms with E-state index in [1.807, 2.05) is 61.5 Å². The van der Waals surface area contributed by atoms with Gasteiger partial charge in [0.2, 0.25) is 10.9 Å². The van der Waals surface area contributed by atoms with E-state index in [2.05, 4.69) is 16.6 Å². The van der Waals surface area contributed by atoms with Crippen molar-refractivity contribution >= 4 is 16.9 Å². The van der Waals surface area contributed by atoms with Gasteiger partial charge in [-0.3, -0.25) is 0 Å². The number of carbonyl (C=O) groups excluding carboxylic acids is 1. The summed E-state index contributed by atoms with van der Waals surface area (Å²) in [6.45, 7) is 2.18. The lowest BCUT2D eigenvalue weighted by Gasteiger charge is -2.30. The van der Waals surface area contributed by atoms with Crippen LogP contribution in [0.25, 0.3) is 0 Å². The second-order valence-corrected chi connectivity index (χ2v) is 8.36. The van der Waals surface area contributed by atoms with Gasteiger partial charge in [-0.2, -0.15) is 4.72 Å². The van der Waals surface area contributed by atoms with Gasteiger partial charge >= 0.3 is 5.97 Å². The van der Waals surface area contributed by atoms with Gasteiger partial charge in [0.25, 0.3) is 0 Å². The molecule has 0 aliphatic carbocycles. The van der Waals surface area contributed by atoms with E-state index in [0.717, 1.165) is 23.1 Å². The fraction of sp³-hybridized carbons (Fsp3) is 0.400. The van der Waals surface area contributed by atoms with Crippen LogP contribution in [0, 0.1) is 11.8 Å². The van der Waals surface area contributed by atoms with Crippen molar-refractivity contribution in [3.05, 3.63) is 71.3 Å². The summed E-state index contributed by atoms with van der Waals surface area (Å²) in [4.78, 5) is 13.2. The van der Waals surface area contributed by atoms with E-state index in [0.29, 0.717) is 25.7 Å². The molecule has 0 aliphatic heterocycles. The Morgan fingerprint density at radius 1 is 1.06 bits per heavy atom. The molecule has 2 N–H and O–H groups in total. The van der Waals surface area contributed by atoms with E-state index in [1.54, 1.807) is 0 Å². The lowest BCUT2D eigenvalue weighted by molar-refractivity contribution is -0.152. The highest BCUT2D eigenvalue weighted by Crippen LogP contribution is 2.24. The zero-order valence-corrected chi connectivity index (χ0v) is 19.3. The minimum atomic E-state index is -3.01. The summed E-state index contributed by atoms with van der Waals surface area (Å²) in [5.41, 5.74) is 1.10. The Morgan fingerprint density at radius 3 is 2.41 bits per heavy atom. The van der Waals surface area contributed by atoms with E-state index >= 15 is 0 Å². The van der Waals surface area contributed by atoms with Crippen molar-refractivity contribution in [1.29, 1.82) is 0 Å². The standard InChI is InChI=1S/C25H31NO5S/c1-2-3-17-25(26-32(29)30,24(28)31-20-23-11-6-4-7-12-23)19-22-15-13-21(14-16-22)10-8-5-9-18-27/h4,6-7,11-16,27,32H,2-3,5,9,17-20H2,1H3,(H,26,29,30). The Balaban J connectivity index is 2.22. The summed E-state index contributed by atoms with van der Waals surface area (Å²) >= 11 is 0. The van der Waals surface area contributed by atoms with Gasteiger partial charge in [-0.15, -0.1) is 0 Å². The Labute approximate surface area is 192 Å². The summed E-state index contributed by atoms with van der Waals surface area (Å²) < 4.78 is 31.4. The first-order valence-electron chi connectivity index (χ1n) is 10.8. The molecule has 0 amide bonds. The molecule has 6 nitrogen and oxygen atoms in total. The molecular formula is C25H31NO5S.